The smallest absolute Gasteiger partial charge is 0.306 e. The van der Waals surface area contributed by atoms with Gasteiger partial charge in [-0.3, -0.25) is 4.79 Å². The van der Waals surface area contributed by atoms with Gasteiger partial charge in [-0.25, -0.2) is 0 Å². The summed E-state index contributed by atoms with van der Waals surface area (Å²) in [6, 6.07) is 0. The van der Waals surface area contributed by atoms with Crippen LogP contribution in [0.2, 0.25) is 0 Å². The minimum atomic E-state index is -0.617. The van der Waals surface area contributed by atoms with Crippen molar-refractivity contribution in [2.24, 2.45) is 5.92 Å². The van der Waals surface area contributed by atoms with Gasteiger partial charge in [-0.2, -0.15) is 0 Å². The highest BCUT2D eigenvalue weighted by Crippen LogP contribution is 2.30. The lowest BCUT2D eigenvalue weighted by molar-refractivity contribution is -0.141. The van der Waals surface area contributed by atoms with Crippen LogP contribution in [-0.4, -0.2) is 15.0 Å². The Morgan fingerprint density at radius 2 is 2.22 bits per heavy atom. The normalized spacial score (nSPS) is 34.8. The number of carbonyl (C=O) groups is 1. The quantitative estimate of drug-likeness (QED) is 0.559. The molecule has 0 saturated heterocycles. The predicted molar refractivity (Wildman–Crippen MR) is 42.8 cm³/mol. The van der Waals surface area contributed by atoms with Gasteiger partial charge in [0.25, 0.3) is 0 Å². The summed E-state index contributed by atoms with van der Waals surface area (Å²) in [5.74, 6) is -0.666. The van der Waals surface area contributed by atoms with Crippen molar-refractivity contribution in [2.75, 3.05) is 0 Å². The highest BCUT2D eigenvalue weighted by atomic mass is 127. The molecule has 2 atom stereocenters. The van der Waals surface area contributed by atoms with Crippen LogP contribution in [0.5, 0.6) is 0 Å². The maximum Gasteiger partial charge on any atom is 0.306 e. The van der Waals surface area contributed by atoms with Gasteiger partial charge in [0.05, 0.1) is 5.92 Å². The summed E-state index contributed by atoms with van der Waals surface area (Å²) in [5.41, 5.74) is 0. The highest BCUT2D eigenvalue weighted by Gasteiger charge is 2.27. The van der Waals surface area contributed by atoms with E-state index in [9.17, 15) is 4.79 Å². The molecule has 0 radical (unpaired) electrons. The maximum absolute atomic E-state index is 10.3. The molecule has 1 saturated carbocycles. The minimum Gasteiger partial charge on any atom is -0.481 e. The van der Waals surface area contributed by atoms with Crippen LogP contribution in [0.1, 0.15) is 19.3 Å². The zero-order chi connectivity index (χ0) is 6.85. The second kappa shape index (κ2) is 2.86. The highest BCUT2D eigenvalue weighted by molar-refractivity contribution is 14.1. The molecular formula is C6H9IO2. The molecule has 3 heteroatoms. The lowest BCUT2D eigenvalue weighted by atomic mass is 10.1. The van der Waals surface area contributed by atoms with Crippen LogP contribution in [0.3, 0.4) is 0 Å². The van der Waals surface area contributed by atoms with Crippen molar-refractivity contribution in [3.63, 3.8) is 0 Å². The molecule has 1 rings (SSSR count). The molecule has 2 unspecified atom stereocenters. The number of hydrogen-bond acceptors (Lipinski definition) is 1. The van der Waals surface area contributed by atoms with Gasteiger partial charge in [-0.05, 0) is 19.3 Å². The van der Waals surface area contributed by atoms with Gasteiger partial charge in [0.1, 0.15) is 0 Å². The first-order valence-electron chi connectivity index (χ1n) is 3.07. The number of rotatable bonds is 1. The first kappa shape index (κ1) is 7.31. The van der Waals surface area contributed by atoms with Gasteiger partial charge in [0.15, 0.2) is 0 Å². The fourth-order valence-electron chi connectivity index (χ4n) is 1.15. The summed E-state index contributed by atoms with van der Waals surface area (Å²) in [7, 11) is 0. The second-order valence-corrected chi connectivity index (χ2v) is 4.21. The van der Waals surface area contributed by atoms with E-state index in [1.54, 1.807) is 0 Å². The van der Waals surface area contributed by atoms with E-state index in [1.807, 2.05) is 0 Å². The monoisotopic (exact) mass is 240 g/mol. The average Bonchev–Trinajstić information content (AvgIpc) is 2.14. The lowest BCUT2D eigenvalue weighted by Gasteiger charge is -1.98. The second-order valence-electron chi connectivity index (χ2n) is 2.45. The Morgan fingerprint density at radius 1 is 1.56 bits per heavy atom. The topological polar surface area (TPSA) is 37.3 Å². The van der Waals surface area contributed by atoms with Crippen molar-refractivity contribution in [1.29, 1.82) is 0 Å². The zero-order valence-electron chi connectivity index (χ0n) is 5.01. The Morgan fingerprint density at radius 3 is 2.44 bits per heavy atom. The van der Waals surface area contributed by atoms with Crippen LogP contribution in [0.15, 0.2) is 0 Å². The molecule has 0 amide bonds. The SMILES string of the molecule is O=C(O)C1CCC(I)C1. The Kier molecular flexibility index (Phi) is 2.32. The maximum atomic E-state index is 10.3. The number of halogens is 1. The molecule has 0 aliphatic heterocycles. The third-order valence-corrected chi connectivity index (χ3v) is 2.85. The van der Waals surface area contributed by atoms with Gasteiger partial charge < -0.3 is 5.11 Å². The molecule has 1 N–H and O–H groups in total. The van der Waals surface area contributed by atoms with Crippen LogP contribution >= 0.6 is 22.6 Å². The summed E-state index contributed by atoms with van der Waals surface area (Å²) < 4.78 is 0.601. The van der Waals surface area contributed by atoms with E-state index in [2.05, 4.69) is 22.6 Å². The molecule has 1 aliphatic rings. The molecule has 0 bridgehead atoms. The summed E-state index contributed by atoms with van der Waals surface area (Å²) in [5, 5.41) is 8.53. The van der Waals surface area contributed by atoms with Crippen molar-refractivity contribution >= 4 is 28.6 Å². The van der Waals surface area contributed by atoms with Crippen molar-refractivity contribution in [1.82, 2.24) is 0 Å². The fraction of sp³-hybridized carbons (Fsp3) is 0.833. The molecule has 0 heterocycles. The van der Waals surface area contributed by atoms with Crippen LogP contribution in [0.4, 0.5) is 0 Å². The van der Waals surface area contributed by atoms with Crippen molar-refractivity contribution < 1.29 is 9.90 Å². The van der Waals surface area contributed by atoms with Gasteiger partial charge >= 0.3 is 5.97 Å². The largest absolute Gasteiger partial charge is 0.481 e. The number of carboxylic acids is 1. The van der Waals surface area contributed by atoms with Crippen molar-refractivity contribution in [3.8, 4) is 0 Å². The molecule has 9 heavy (non-hydrogen) atoms. The molecule has 2 nitrogen and oxygen atoms in total. The van der Waals surface area contributed by atoms with Gasteiger partial charge in [0.2, 0.25) is 0 Å². The van der Waals surface area contributed by atoms with Crippen LogP contribution in [0, 0.1) is 5.92 Å². The summed E-state index contributed by atoms with van der Waals surface area (Å²) in [4.78, 5) is 10.3. The van der Waals surface area contributed by atoms with Gasteiger partial charge in [0, 0.05) is 3.92 Å². The van der Waals surface area contributed by atoms with E-state index in [0.717, 1.165) is 19.3 Å². The third-order valence-electron chi connectivity index (χ3n) is 1.72. The molecule has 1 aliphatic carbocycles. The number of aliphatic carboxylic acids is 1. The van der Waals surface area contributed by atoms with Crippen molar-refractivity contribution in [3.05, 3.63) is 0 Å². The van der Waals surface area contributed by atoms with E-state index in [1.165, 1.54) is 0 Å². The predicted octanol–water partition coefficient (Wildman–Crippen LogP) is 1.67. The average molecular weight is 240 g/mol. The minimum absolute atomic E-state index is 0.0492. The third kappa shape index (κ3) is 1.81. The van der Waals surface area contributed by atoms with Crippen LogP contribution in [0.25, 0.3) is 0 Å². The number of alkyl halides is 1. The van der Waals surface area contributed by atoms with Gasteiger partial charge in [-0.1, -0.05) is 22.6 Å². The van der Waals surface area contributed by atoms with E-state index in [4.69, 9.17) is 5.11 Å². The Hall–Kier alpha value is 0.200. The summed E-state index contributed by atoms with van der Waals surface area (Å²) in [6.07, 6.45) is 2.83. The van der Waals surface area contributed by atoms with E-state index >= 15 is 0 Å². The standard InChI is InChI=1S/C6H9IO2/c7-5-2-1-4(3-5)6(8)9/h4-5H,1-3H2,(H,8,9). The molecule has 0 aromatic heterocycles. The van der Waals surface area contributed by atoms with Crippen LogP contribution in [-0.2, 0) is 4.79 Å². The molecule has 0 aromatic rings. The van der Waals surface area contributed by atoms with E-state index in [-0.39, 0.29) is 5.92 Å². The first-order chi connectivity index (χ1) is 4.20. The van der Waals surface area contributed by atoms with E-state index < -0.39 is 5.97 Å². The molecular weight excluding hydrogens is 231 g/mol. The number of carboxylic acid groups (broad SMARTS) is 1. The van der Waals surface area contributed by atoms with E-state index in [0.29, 0.717) is 3.92 Å². The Bertz CT molecular complexity index is 124. The van der Waals surface area contributed by atoms with Crippen LogP contribution < -0.4 is 0 Å². The lowest BCUT2D eigenvalue weighted by Crippen LogP contribution is -2.09. The first-order valence-corrected chi connectivity index (χ1v) is 4.31. The van der Waals surface area contributed by atoms with Crippen molar-refractivity contribution in [2.45, 2.75) is 23.2 Å². The van der Waals surface area contributed by atoms with Gasteiger partial charge in [-0.15, -0.1) is 0 Å². The summed E-state index contributed by atoms with van der Waals surface area (Å²) in [6.45, 7) is 0. The Balaban J connectivity index is 2.39. The molecule has 1 fully saturated rings. The Labute approximate surface area is 67.8 Å². The molecule has 52 valence electrons. The molecule has 0 spiro atoms. The number of hydrogen-bond donors (Lipinski definition) is 1. The zero-order valence-corrected chi connectivity index (χ0v) is 7.17. The fourth-order valence-corrected chi connectivity index (χ4v) is 2.12. The summed E-state index contributed by atoms with van der Waals surface area (Å²) >= 11 is 2.32. The molecule has 0 aromatic carbocycles.